The third-order valence-corrected chi connectivity index (χ3v) is 3.17. The number of thioether (sulfide) groups is 1. The molecule has 0 amide bonds. The maximum Gasteiger partial charge on any atom is 0.170 e. The summed E-state index contributed by atoms with van der Waals surface area (Å²) in [7, 11) is 0. The van der Waals surface area contributed by atoms with Gasteiger partial charge in [-0.05, 0) is 42.7 Å². The number of amidine groups is 1. The Labute approximate surface area is 110 Å². The van der Waals surface area contributed by atoms with Gasteiger partial charge in [-0.15, -0.1) is 0 Å². The fourth-order valence-electron chi connectivity index (χ4n) is 1.56. The van der Waals surface area contributed by atoms with Crippen molar-refractivity contribution in [2.75, 3.05) is 18.6 Å². The minimum absolute atomic E-state index is 0.0737. The molecule has 0 saturated heterocycles. The molecule has 0 bridgehead atoms. The molecule has 0 heterocycles. The van der Waals surface area contributed by atoms with Crippen molar-refractivity contribution in [2.45, 2.75) is 13.0 Å². The fraction of sp³-hybridized carbons (Fsp3) is 0.417. The minimum Gasteiger partial charge on any atom is -0.409 e. The number of rotatable bonds is 7. The van der Waals surface area contributed by atoms with Crippen molar-refractivity contribution in [3.63, 3.8) is 0 Å². The summed E-state index contributed by atoms with van der Waals surface area (Å²) >= 11 is 1.80. The van der Waals surface area contributed by atoms with Crippen LogP contribution in [0.4, 0.5) is 4.39 Å². The van der Waals surface area contributed by atoms with Crippen LogP contribution in [-0.2, 0) is 6.54 Å². The summed E-state index contributed by atoms with van der Waals surface area (Å²) in [5.74, 6) is 0.627. The quantitative estimate of drug-likeness (QED) is 0.232. The van der Waals surface area contributed by atoms with Crippen molar-refractivity contribution in [3.8, 4) is 0 Å². The zero-order valence-electron chi connectivity index (χ0n) is 10.3. The van der Waals surface area contributed by atoms with E-state index < -0.39 is 5.82 Å². The first-order valence-electron chi connectivity index (χ1n) is 5.65. The molecule has 0 unspecified atom stereocenters. The van der Waals surface area contributed by atoms with Crippen molar-refractivity contribution in [1.82, 2.24) is 5.32 Å². The molecule has 0 radical (unpaired) electrons. The minimum atomic E-state index is -0.400. The number of hydrogen-bond acceptors (Lipinski definition) is 4. The Hall–Kier alpha value is -1.27. The Kier molecular flexibility index (Phi) is 6.53. The number of nitrogens with two attached hydrogens (primary N) is 1. The molecule has 18 heavy (non-hydrogen) atoms. The van der Waals surface area contributed by atoms with Gasteiger partial charge in [0, 0.05) is 12.1 Å². The van der Waals surface area contributed by atoms with Gasteiger partial charge < -0.3 is 16.3 Å². The van der Waals surface area contributed by atoms with Gasteiger partial charge >= 0.3 is 0 Å². The molecular weight excluding hydrogens is 253 g/mol. The first-order chi connectivity index (χ1) is 8.69. The highest BCUT2D eigenvalue weighted by atomic mass is 32.2. The van der Waals surface area contributed by atoms with E-state index in [-0.39, 0.29) is 5.84 Å². The predicted octanol–water partition coefficient (Wildman–Crippen LogP) is 1.76. The fourth-order valence-corrected chi connectivity index (χ4v) is 1.99. The van der Waals surface area contributed by atoms with Crippen molar-refractivity contribution < 1.29 is 9.60 Å². The maximum atomic E-state index is 13.1. The number of benzene rings is 1. The highest BCUT2D eigenvalue weighted by molar-refractivity contribution is 7.98. The van der Waals surface area contributed by atoms with Gasteiger partial charge in [0.2, 0.25) is 0 Å². The second-order valence-electron chi connectivity index (χ2n) is 3.81. The summed E-state index contributed by atoms with van der Waals surface area (Å²) in [5, 5.41) is 14.8. The van der Waals surface area contributed by atoms with Crippen LogP contribution in [0.15, 0.2) is 23.4 Å². The molecule has 0 atom stereocenters. The zero-order valence-corrected chi connectivity index (χ0v) is 11.1. The van der Waals surface area contributed by atoms with Gasteiger partial charge in [0.15, 0.2) is 5.84 Å². The highest BCUT2D eigenvalue weighted by Gasteiger charge is 2.08. The second kappa shape index (κ2) is 7.94. The Morgan fingerprint density at radius 3 is 3.00 bits per heavy atom. The number of oxime groups is 1. The SMILES string of the molecule is CSCCCNCc1ccc(F)cc1C(N)=NO. The van der Waals surface area contributed by atoms with Crippen LogP contribution in [0.1, 0.15) is 17.5 Å². The van der Waals surface area contributed by atoms with Crippen LogP contribution >= 0.6 is 11.8 Å². The predicted molar refractivity (Wildman–Crippen MR) is 73.6 cm³/mol. The Morgan fingerprint density at radius 2 is 2.33 bits per heavy atom. The summed E-state index contributed by atoms with van der Waals surface area (Å²) in [6.45, 7) is 1.45. The molecule has 0 fully saturated rings. The summed E-state index contributed by atoms with van der Waals surface area (Å²) in [5.41, 5.74) is 6.76. The lowest BCUT2D eigenvalue weighted by Crippen LogP contribution is -2.21. The highest BCUT2D eigenvalue weighted by Crippen LogP contribution is 2.11. The molecule has 0 spiro atoms. The van der Waals surface area contributed by atoms with Crippen LogP contribution in [0.5, 0.6) is 0 Å². The van der Waals surface area contributed by atoms with Crippen LogP contribution in [0, 0.1) is 5.82 Å². The average molecular weight is 271 g/mol. The van der Waals surface area contributed by atoms with Crippen LogP contribution in [0.25, 0.3) is 0 Å². The average Bonchev–Trinajstić information content (AvgIpc) is 2.39. The van der Waals surface area contributed by atoms with Crippen LogP contribution < -0.4 is 11.1 Å². The van der Waals surface area contributed by atoms with Crippen LogP contribution in [0.2, 0.25) is 0 Å². The van der Waals surface area contributed by atoms with Crippen molar-refractivity contribution in [1.29, 1.82) is 0 Å². The standard InChI is InChI=1S/C12H18FN3OS/c1-18-6-2-5-15-8-9-3-4-10(13)7-11(9)12(14)16-17/h3-4,7,15,17H,2,5-6,8H2,1H3,(H2,14,16). The van der Waals surface area contributed by atoms with Gasteiger partial charge in [-0.2, -0.15) is 11.8 Å². The van der Waals surface area contributed by atoms with Crippen LogP contribution in [0.3, 0.4) is 0 Å². The molecule has 0 aliphatic heterocycles. The Bertz CT molecular complexity index is 412. The molecule has 4 N–H and O–H groups in total. The topological polar surface area (TPSA) is 70.6 Å². The van der Waals surface area contributed by atoms with E-state index in [1.165, 1.54) is 12.1 Å². The lowest BCUT2D eigenvalue weighted by Gasteiger charge is -2.09. The third-order valence-electron chi connectivity index (χ3n) is 2.47. The van der Waals surface area contributed by atoms with Crippen molar-refractivity contribution >= 4 is 17.6 Å². The summed E-state index contributed by atoms with van der Waals surface area (Å²) < 4.78 is 13.1. The third kappa shape index (κ3) is 4.54. The Morgan fingerprint density at radius 1 is 1.56 bits per heavy atom. The van der Waals surface area contributed by atoms with Gasteiger partial charge in [-0.25, -0.2) is 4.39 Å². The summed E-state index contributed by atoms with van der Waals surface area (Å²) in [4.78, 5) is 0. The number of nitrogens with zero attached hydrogens (tertiary/aromatic N) is 1. The summed E-state index contributed by atoms with van der Waals surface area (Å²) in [6, 6.07) is 4.28. The van der Waals surface area contributed by atoms with E-state index >= 15 is 0 Å². The van der Waals surface area contributed by atoms with E-state index in [9.17, 15) is 4.39 Å². The van der Waals surface area contributed by atoms with E-state index in [4.69, 9.17) is 10.9 Å². The Balaban J connectivity index is 2.64. The normalized spacial score (nSPS) is 11.8. The number of nitrogens with one attached hydrogen (secondary N) is 1. The second-order valence-corrected chi connectivity index (χ2v) is 4.80. The van der Waals surface area contributed by atoms with E-state index in [1.54, 1.807) is 17.8 Å². The summed E-state index contributed by atoms with van der Waals surface area (Å²) in [6.07, 6.45) is 3.14. The molecular formula is C12H18FN3OS. The zero-order chi connectivity index (χ0) is 13.4. The smallest absolute Gasteiger partial charge is 0.170 e. The molecule has 1 aromatic rings. The lowest BCUT2D eigenvalue weighted by molar-refractivity contribution is 0.318. The van der Waals surface area contributed by atoms with E-state index in [2.05, 4.69) is 16.7 Å². The molecule has 100 valence electrons. The van der Waals surface area contributed by atoms with Gasteiger partial charge in [0.05, 0.1) is 0 Å². The molecule has 1 rings (SSSR count). The van der Waals surface area contributed by atoms with Gasteiger partial charge in [0.1, 0.15) is 5.82 Å². The molecule has 0 saturated carbocycles. The van der Waals surface area contributed by atoms with Gasteiger partial charge in [0.25, 0.3) is 0 Å². The molecule has 4 nitrogen and oxygen atoms in total. The first-order valence-corrected chi connectivity index (χ1v) is 7.04. The lowest BCUT2D eigenvalue weighted by atomic mass is 10.1. The number of halogens is 1. The van der Waals surface area contributed by atoms with Gasteiger partial charge in [-0.3, -0.25) is 0 Å². The monoisotopic (exact) mass is 271 g/mol. The van der Waals surface area contributed by atoms with Crippen molar-refractivity contribution in [3.05, 3.63) is 35.1 Å². The molecule has 0 aliphatic rings. The van der Waals surface area contributed by atoms with Gasteiger partial charge in [-0.1, -0.05) is 11.2 Å². The molecule has 1 aromatic carbocycles. The maximum absolute atomic E-state index is 13.1. The first kappa shape index (κ1) is 14.8. The van der Waals surface area contributed by atoms with Crippen LogP contribution in [-0.4, -0.2) is 29.6 Å². The molecule has 0 aromatic heterocycles. The van der Waals surface area contributed by atoms with E-state index in [0.717, 1.165) is 24.3 Å². The largest absolute Gasteiger partial charge is 0.409 e. The van der Waals surface area contributed by atoms with E-state index in [1.807, 2.05) is 0 Å². The molecule has 0 aliphatic carbocycles. The van der Waals surface area contributed by atoms with Crippen molar-refractivity contribution in [2.24, 2.45) is 10.9 Å². The number of hydrogen-bond donors (Lipinski definition) is 3. The molecule has 6 heteroatoms. The van der Waals surface area contributed by atoms with E-state index in [0.29, 0.717) is 12.1 Å².